The Labute approximate surface area is 153 Å². The Balaban J connectivity index is 2.12. The number of nitro groups is 1. The van der Waals surface area contributed by atoms with E-state index in [1.807, 2.05) is 0 Å². The van der Waals surface area contributed by atoms with Crippen molar-refractivity contribution < 1.29 is 24.3 Å². The van der Waals surface area contributed by atoms with Crippen LogP contribution in [0.4, 0.5) is 5.69 Å². The molecule has 0 spiro atoms. The van der Waals surface area contributed by atoms with Gasteiger partial charge < -0.3 is 14.6 Å². The number of hydrogen-bond donors (Lipinski definition) is 1. The van der Waals surface area contributed by atoms with E-state index in [2.05, 4.69) is 0 Å². The summed E-state index contributed by atoms with van der Waals surface area (Å²) in [5, 5.41) is 22.4. The van der Waals surface area contributed by atoms with E-state index in [-0.39, 0.29) is 23.4 Å². The average Bonchev–Trinajstić information content (AvgIpc) is 2.61. The topological polar surface area (TPSA) is 98.9 Å². The smallest absolute Gasteiger partial charge is 0.341 e. The molecule has 0 amide bonds. The molecule has 2 aromatic carbocycles. The van der Waals surface area contributed by atoms with E-state index < -0.39 is 16.7 Å². The molecule has 1 atom stereocenters. The molecule has 0 aliphatic carbocycles. The number of carbonyl (C=O) groups is 1. The Bertz CT molecular complexity index is 908. The van der Waals surface area contributed by atoms with Crippen LogP contribution >= 0.6 is 11.6 Å². The normalized spacial score (nSPS) is 18.3. The first-order valence-corrected chi connectivity index (χ1v) is 8.08. The Kier molecular flexibility index (Phi) is 4.67. The summed E-state index contributed by atoms with van der Waals surface area (Å²) < 4.78 is 10.7. The first kappa shape index (κ1) is 17.9. The highest BCUT2D eigenvalue weighted by Crippen LogP contribution is 2.42. The van der Waals surface area contributed by atoms with Crippen molar-refractivity contribution in [3.8, 4) is 5.75 Å². The summed E-state index contributed by atoms with van der Waals surface area (Å²) in [5.41, 5.74) is 0.361. The molecular formula is C18H14ClNO6. The molecule has 26 heavy (non-hydrogen) atoms. The first-order valence-electron chi connectivity index (χ1n) is 7.70. The van der Waals surface area contributed by atoms with Crippen molar-refractivity contribution in [3.05, 3.63) is 74.3 Å². The van der Waals surface area contributed by atoms with E-state index in [1.165, 1.54) is 30.3 Å². The minimum atomic E-state index is -2.15. The third kappa shape index (κ3) is 3.14. The Morgan fingerprint density at radius 2 is 2.00 bits per heavy atom. The zero-order valence-corrected chi connectivity index (χ0v) is 14.4. The standard InChI is InChI=1S/C18H14ClNO6/c1-2-25-17(21)15-10-11-9-13(19)5-8-16(11)26-18(15,22)12-3-6-14(7-4-12)20(23)24/h3-10,22H,2H2,1H3. The second-order valence-corrected chi connectivity index (χ2v) is 5.95. The second kappa shape index (κ2) is 6.78. The number of non-ortho nitro benzene ring substituents is 1. The molecule has 1 aliphatic rings. The molecule has 0 fully saturated rings. The molecule has 1 unspecified atom stereocenters. The van der Waals surface area contributed by atoms with Gasteiger partial charge in [-0.1, -0.05) is 11.6 Å². The molecule has 0 aromatic heterocycles. The number of rotatable bonds is 4. The molecular weight excluding hydrogens is 362 g/mol. The van der Waals surface area contributed by atoms with Gasteiger partial charge in [0.2, 0.25) is 0 Å². The van der Waals surface area contributed by atoms with E-state index in [0.717, 1.165) is 0 Å². The van der Waals surface area contributed by atoms with Crippen molar-refractivity contribution in [1.29, 1.82) is 0 Å². The van der Waals surface area contributed by atoms with Crippen LogP contribution in [0.15, 0.2) is 48.0 Å². The maximum absolute atomic E-state index is 12.4. The van der Waals surface area contributed by atoms with Crippen molar-refractivity contribution in [2.45, 2.75) is 12.7 Å². The summed E-state index contributed by atoms with van der Waals surface area (Å²) in [7, 11) is 0. The van der Waals surface area contributed by atoms with Crippen LogP contribution in [0.3, 0.4) is 0 Å². The fourth-order valence-corrected chi connectivity index (χ4v) is 2.80. The molecule has 2 aromatic rings. The van der Waals surface area contributed by atoms with E-state index >= 15 is 0 Å². The number of nitrogens with zero attached hydrogens (tertiary/aromatic N) is 1. The maximum Gasteiger partial charge on any atom is 0.341 e. The van der Waals surface area contributed by atoms with Crippen LogP contribution < -0.4 is 4.74 Å². The predicted octanol–water partition coefficient (Wildman–Crippen LogP) is 3.43. The highest BCUT2D eigenvalue weighted by atomic mass is 35.5. The van der Waals surface area contributed by atoms with Crippen molar-refractivity contribution in [2.24, 2.45) is 0 Å². The Morgan fingerprint density at radius 1 is 1.31 bits per heavy atom. The van der Waals surface area contributed by atoms with Gasteiger partial charge in [0.05, 0.1) is 11.5 Å². The quantitative estimate of drug-likeness (QED) is 0.499. The monoisotopic (exact) mass is 375 g/mol. The van der Waals surface area contributed by atoms with Crippen LogP contribution in [-0.4, -0.2) is 22.6 Å². The lowest BCUT2D eigenvalue weighted by molar-refractivity contribution is -0.384. The molecule has 1 N–H and O–H groups in total. The molecule has 0 bridgehead atoms. The van der Waals surface area contributed by atoms with Gasteiger partial charge in [-0.2, -0.15) is 0 Å². The van der Waals surface area contributed by atoms with Gasteiger partial charge >= 0.3 is 5.97 Å². The van der Waals surface area contributed by atoms with Gasteiger partial charge in [-0.25, -0.2) is 4.79 Å². The summed E-state index contributed by atoms with van der Waals surface area (Å²) in [5.74, 6) is -2.61. The summed E-state index contributed by atoms with van der Waals surface area (Å²) in [6, 6.07) is 9.82. The SMILES string of the molecule is CCOC(=O)C1=Cc2cc(Cl)ccc2OC1(O)c1ccc([N+](=O)[O-])cc1. The molecule has 134 valence electrons. The number of nitro benzene ring substituents is 1. The minimum absolute atomic E-state index is 0.106. The predicted molar refractivity (Wildman–Crippen MR) is 93.7 cm³/mol. The van der Waals surface area contributed by atoms with Gasteiger partial charge in [0.1, 0.15) is 11.3 Å². The number of fused-ring (bicyclic) bond motifs is 1. The zero-order chi connectivity index (χ0) is 18.9. The van der Waals surface area contributed by atoms with Crippen LogP contribution in [0, 0.1) is 10.1 Å². The molecule has 0 saturated heterocycles. The van der Waals surface area contributed by atoms with E-state index in [1.54, 1.807) is 25.1 Å². The van der Waals surface area contributed by atoms with Crippen LogP contribution in [-0.2, 0) is 15.3 Å². The minimum Gasteiger partial charge on any atom is -0.462 e. The largest absolute Gasteiger partial charge is 0.462 e. The summed E-state index contributed by atoms with van der Waals surface area (Å²) >= 11 is 5.97. The average molecular weight is 376 g/mol. The van der Waals surface area contributed by atoms with Crippen molar-refractivity contribution in [2.75, 3.05) is 6.61 Å². The van der Waals surface area contributed by atoms with Gasteiger partial charge in [-0.15, -0.1) is 0 Å². The lowest BCUT2D eigenvalue weighted by atomic mass is 9.92. The third-order valence-corrected chi connectivity index (χ3v) is 4.09. The molecule has 7 nitrogen and oxygen atoms in total. The molecule has 0 radical (unpaired) electrons. The van der Waals surface area contributed by atoms with E-state index in [9.17, 15) is 20.0 Å². The number of hydrogen-bond acceptors (Lipinski definition) is 6. The Morgan fingerprint density at radius 3 is 2.62 bits per heavy atom. The zero-order valence-electron chi connectivity index (χ0n) is 13.6. The molecule has 8 heteroatoms. The molecule has 3 rings (SSSR count). The number of esters is 1. The lowest BCUT2D eigenvalue weighted by Crippen LogP contribution is -2.40. The summed E-state index contributed by atoms with van der Waals surface area (Å²) in [6.07, 6.45) is 1.43. The van der Waals surface area contributed by atoms with Gasteiger partial charge in [0, 0.05) is 28.3 Å². The highest BCUT2D eigenvalue weighted by molar-refractivity contribution is 6.30. The van der Waals surface area contributed by atoms with Gasteiger partial charge in [0.25, 0.3) is 11.5 Å². The van der Waals surface area contributed by atoms with Gasteiger partial charge in [-0.05, 0) is 43.3 Å². The number of carbonyl (C=O) groups excluding carboxylic acids is 1. The lowest BCUT2D eigenvalue weighted by Gasteiger charge is -2.34. The summed E-state index contributed by atoms with van der Waals surface area (Å²) in [4.78, 5) is 22.7. The van der Waals surface area contributed by atoms with Crippen LogP contribution in [0.1, 0.15) is 18.1 Å². The number of ether oxygens (including phenoxy) is 2. The molecule has 1 aliphatic heterocycles. The molecule has 0 saturated carbocycles. The van der Waals surface area contributed by atoms with Gasteiger partial charge in [-0.3, -0.25) is 10.1 Å². The third-order valence-electron chi connectivity index (χ3n) is 3.86. The van der Waals surface area contributed by atoms with E-state index in [0.29, 0.717) is 16.3 Å². The van der Waals surface area contributed by atoms with Crippen molar-refractivity contribution in [3.63, 3.8) is 0 Å². The maximum atomic E-state index is 12.4. The Hall–Kier alpha value is -2.90. The fourth-order valence-electron chi connectivity index (χ4n) is 2.62. The number of aliphatic hydroxyl groups is 1. The number of benzene rings is 2. The first-order chi connectivity index (χ1) is 12.3. The van der Waals surface area contributed by atoms with Gasteiger partial charge in [0.15, 0.2) is 0 Å². The van der Waals surface area contributed by atoms with Crippen LogP contribution in [0.2, 0.25) is 5.02 Å². The molecule has 1 heterocycles. The van der Waals surface area contributed by atoms with Crippen LogP contribution in [0.25, 0.3) is 6.08 Å². The fraction of sp³-hybridized carbons (Fsp3) is 0.167. The van der Waals surface area contributed by atoms with Crippen molar-refractivity contribution in [1.82, 2.24) is 0 Å². The van der Waals surface area contributed by atoms with Crippen LogP contribution in [0.5, 0.6) is 5.75 Å². The highest BCUT2D eigenvalue weighted by Gasteiger charge is 2.44. The second-order valence-electron chi connectivity index (χ2n) is 5.51. The van der Waals surface area contributed by atoms with Crippen molar-refractivity contribution >= 4 is 29.3 Å². The number of halogens is 1. The van der Waals surface area contributed by atoms with E-state index in [4.69, 9.17) is 21.1 Å². The summed E-state index contributed by atoms with van der Waals surface area (Å²) in [6.45, 7) is 1.74.